The summed E-state index contributed by atoms with van der Waals surface area (Å²) in [4.78, 5) is 13.8. The minimum absolute atomic E-state index is 0.0908. The minimum Gasteiger partial charge on any atom is -0.493 e. The Hall–Kier alpha value is -1.55. The molecule has 19 heavy (non-hydrogen) atoms. The van der Waals surface area contributed by atoms with Crippen LogP contribution in [0.1, 0.15) is 25.8 Å². The van der Waals surface area contributed by atoms with Gasteiger partial charge in [0.1, 0.15) is 5.75 Å². The first-order valence-corrected chi connectivity index (χ1v) is 6.73. The average molecular weight is 264 g/mol. The van der Waals surface area contributed by atoms with Crippen LogP contribution in [0.3, 0.4) is 0 Å². The third-order valence-corrected chi connectivity index (χ3v) is 2.89. The third-order valence-electron chi connectivity index (χ3n) is 2.89. The molecule has 0 bridgehead atoms. The zero-order valence-corrected chi connectivity index (χ0v) is 12.1. The molecule has 1 rings (SSSR count). The molecule has 0 unspecified atom stereocenters. The first-order valence-electron chi connectivity index (χ1n) is 6.73. The Bertz CT molecular complexity index is 405. The molecular formula is C15H24N2O2. The van der Waals surface area contributed by atoms with E-state index in [-0.39, 0.29) is 11.9 Å². The van der Waals surface area contributed by atoms with E-state index in [0.717, 1.165) is 11.3 Å². The zero-order chi connectivity index (χ0) is 14.3. The van der Waals surface area contributed by atoms with E-state index in [1.54, 1.807) is 4.90 Å². The van der Waals surface area contributed by atoms with Gasteiger partial charge < -0.3 is 15.4 Å². The molecule has 0 saturated heterocycles. The summed E-state index contributed by atoms with van der Waals surface area (Å²) >= 11 is 0. The Morgan fingerprint density at radius 2 is 2.16 bits per heavy atom. The van der Waals surface area contributed by atoms with Gasteiger partial charge in [0.15, 0.2) is 0 Å². The molecule has 0 aliphatic carbocycles. The molecule has 4 heteroatoms. The fraction of sp³-hybridized carbons (Fsp3) is 0.533. The molecule has 0 saturated carbocycles. The van der Waals surface area contributed by atoms with Crippen LogP contribution in [0.4, 0.5) is 0 Å². The van der Waals surface area contributed by atoms with Crippen molar-refractivity contribution in [2.75, 3.05) is 19.7 Å². The summed E-state index contributed by atoms with van der Waals surface area (Å²) in [5, 5.41) is 0. The second-order valence-corrected chi connectivity index (χ2v) is 4.88. The van der Waals surface area contributed by atoms with Gasteiger partial charge in [-0.1, -0.05) is 12.1 Å². The molecule has 0 radical (unpaired) electrons. The molecule has 0 aromatic heterocycles. The maximum Gasteiger partial charge on any atom is 0.226 e. The van der Waals surface area contributed by atoms with Crippen molar-refractivity contribution in [3.63, 3.8) is 0 Å². The molecule has 0 aliphatic rings. The SMILES string of the molecule is Cc1cccc(OCCC(=O)N(CCN)C(C)C)c1. The van der Waals surface area contributed by atoms with Gasteiger partial charge in [-0.05, 0) is 38.5 Å². The molecule has 0 fully saturated rings. The number of ether oxygens (including phenoxy) is 1. The Kier molecular flexibility index (Phi) is 6.36. The lowest BCUT2D eigenvalue weighted by Gasteiger charge is -2.26. The largest absolute Gasteiger partial charge is 0.493 e. The number of nitrogens with two attached hydrogens (primary N) is 1. The molecular weight excluding hydrogens is 240 g/mol. The van der Waals surface area contributed by atoms with Crippen LogP contribution >= 0.6 is 0 Å². The molecule has 1 amide bonds. The number of aryl methyl sites for hydroxylation is 1. The van der Waals surface area contributed by atoms with Crippen molar-refractivity contribution in [2.45, 2.75) is 33.2 Å². The summed E-state index contributed by atoms with van der Waals surface area (Å²) in [6.07, 6.45) is 0.381. The van der Waals surface area contributed by atoms with Crippen LogP contribution in [0.2, 0.25) is 0 Å². The second-order valence-electron chi connectivity index (χ2n) is 4.88. The fourth-order valence-electron chi connectivity index (χ4n) is 1.91. The molecule has 4 nitrogen and oxygen atoms in total. The standard InChI is InChI=1S/C15H24N2O2/c1-12(2)17(9-8-16)15(18)7-10-19-14-6-4-5-13(3)11-14/h4-6,11-12H,7-10,16H2,1-3H3. The quantitative estimate of drug-likeness (QED) is 0.819. The molecule has 0 heterocycles. The summed E-state index contributed by atoms with van der Waals surface area (Å²) in [5.74, 6) is 0.899. The van der Waals surface area contributed by atoms with Crippen LogP contribution in [0.15, 0.2) is 24.3 Å². The van der Waals surface area contributed by atoms with E-state index < -0.39 is 0 Å². The topological polar surface area (TPSA) is 55.6 Å². The number of nitrogens with zero attached hydrogens (tertiary/aromatic N) is 1. The van der Waals surface area contributed by atoms with Crippen LogP contribution in [0.5, 0.6) is 5.75 Å². The Morgan fingerprint density at radius 1 is 1.42 bits per heavy atom. The Labute approximate surface area is 115 Å². The number of carbonyl (C=O) groups is 1. The fourth-order valence-corrected chi connectivity index (χ4v) is 1.91. The molecule has 0 spiro atoms. The summed E-state index contributed by atoms with van der Waals surface area (Å²) < 4.78 is 5.59. The lowest BCUT2D eigenvalue weighted by molar-refractivity contribution is -0.133. The third kappa shape index (κ3) is 5.30. The Balaban J connectivity index is 2.41. The lowest BCUT2D eigenvalue weighted by Crippen LogP contribution is -2.40. The van der Waals surface area contributed by atoms with Crippen LogP contribution in [-0.2, 0) is 4.79 Å². The van der Waals surface area contributed by atoms with Crippen molar-refractivity contribution in [1.82, 2.24) is 4.90 Å². The van der Waals surface area contributed by atoms with Gasteiger partial charge in [-0.3, -0.25) is 4.79 Å². The van der Waals surface area contributed by atoms with Crippen molar-refractivity contribution < 1.29 is 9.53 Å². The van der Waals surface area contributed by atoms with Crippen molar-refractivity contribution in [1.29, 1.82) is 0 Å². The highest BCUT2D eigenvalue weighted by molar-refractivity contribution is 5.76. The van der Waals surface area contributed by atoms with Crippen LogP contribution < -0.4 is 10.5 Å². The number of hydrogen-bond acceptors (Lipinski definition) is 3. The van der Waals surface area contributed by atoms with Crippen LogP contribution in [0, 0.1) is 6.92 Å². The van der Waals surface area contributed by atoms with Gasteiger partial charge in [0.2, 0.25) is 5.91 Å². The van der Waals surface area contributed by atoms with Gasteiger partial charge in [0, 0.05) is 19.1 Å². The molecule has 0 aliphatic heterocycles. The van der Waals surface area contributed by atoms with Gasteiger partial charge in [-0.25, -0.2) is 0 Å². The van der Waals surface area contributed by atoms with E-state index in [2.05, 4.69) is 0 Å². The monoisotopic (exact) mass is 264 g/mol. The van der Waals surface area contributed by atoms with E-state index in [4.69, 9.17) is 10.5 Å². The smallest absolute Gasteiger partial charge is 0.226 e. The molecule has 1 aromatic carbocycles. The maximum absolute atomic E-state index is 12.0. The van der Waals surface area contributed by atoms with E-state index in [1.165, 1.54) is 0 Å². The second kappa shape index (κ2) is 7.79. The van der Waals surface area contributed by atoms with Gasteiger partial charge >= 0.3 is 0 Å². The summed E-state index contributed by atoms with van der Waals surface area (Å²) in [5.41, 5.74) is 6.67. The van der Waals surface area contributed by atoms with Crippen LogP contribution in [0.25, 0.3) is 0 Å². The van der Waals surface area contributed by atoms with Gasteiger partial charge in [0.25, 0.3) is 0 Å². The highest BCUT2D eigenvalue weighted by atomic mass is 16.5. The molecule has 0 atom stereocenters. The number of benzene rings is 1. The van der Waals surface area contributed by atoms with E-state index in [9.17, 15) is 4.79 Å². The lowest BCUT2D eigenvalue weighted by atomic mass is 10.2. The average Bonchev–Trinajstić information content (AvgIpc) is 2.35. The van der Waals surface area contributed by atoms with Gasteiger partial charge in [-0.2, -0.15) is 0 Å². The van der Waals surface area contributed by atoms with Crippen molar-refractivity contribution >= 4 is 5.91 Å². The van der Waals surface area contributed by atoms with Gasteiger partial charge in [-0.15, -0.1) is 0 Å². The number of amides is 1. The van der Waals surface area contributed by atoms with Crippen molar-refractivity contribution in [2.24, 2.45) is 5.73 Å². The molecule has 2 N–H and O–H groups in total. The summed E-state index contributed by atoms with van der Waals surface area (Å²) in [6, 6.07) is 8.00. The minimum atomic E-state index is 0.0908. The Morgan fingerprint density at radius 3 is 2.74 bits per heavy atom. The van der Waals surface area contributed by atoms with E-state index in [0.29, 0.717) is 26.1 Å². The number of carbonyl (C=O) groups excluding carboxylic acids is 1. The first kappa shape index (κ1) is 15.5. The highest BCUT2D eigenvalue weighted by Crippen LogP contribution is 2.12. The van der Waals surface area contributed by atoms with Crippen molar-refractivity contribution in [3.8, 4) is 5.75 Å². The normalized spacial score (nSPS) is 10.6. The maximum atomic E-state index is 12.0. The molecule has 106 valence electrons. The summed E-state index contributed by atoms with van der Waals surface area (Å²) in [6.45, 7) is 7.49. The predicted octanol–water partition coefficient (Wildman–Crippen LogP) is 1.96. The summed E-state index contributed by atoms with van der Waals surface area (Å²) in [7, 11) is 0. The predicted molar refractivity (Wildman–Crippen MR) is 77.2 cm³/mol. The van der Waals surface area contributed by atoms with Crippen LogP contribution in [-0.4, -0.2) is 36.5 Å². The van der Waals surface area contributed by atoms with Crippen molar-refractivity contribution in [3.05, 3.63) is 29.8 Å². The van der Waals surface area contributed by atoms with Gasteiger partial charge in [0.05, 0.1) is 13.0 Å². The highest BCUT2D eigenvalue weighted by Gasteiger charge is 2.15. The van der Waals surface area contributed by atoms with E-state index in [1.807, 2.05) is 45.0 Å². The number of rotatable bonds is 7. The van der Waals surface area contributed by atoms with E-state index >= 15 is 0 Å². The molecule has 1 aromatic rings. The number of hydrogen-bond donors (Lipinski definition) is 1. The first-order chi connectivity index (χ1) is 9.04. The zero-order valence-electron chi connectivity index (χ0n) is 12.1.